The van der Waals surface area contributed by atoms with Crippen LogP contribution in [0, 0.1) is 0 Å². The SMILES string of the molecule is O=C(O)CNCc1cc(Br)ccc1OCc1ccc(Cl)c(Cl)c1. The summed E-state index contributed by atoms with van der Waals surface area (Å²) >= 11 is 15.3. The Kier molecular flexibility index (Phi) is 6.72. The van der Waals surface area contributed by atoms with E-state index in [0.717, 1.165) is 15.6 Å². The van der Waals surface area contributed by atoms with E-state index < -0.39 is 5.97 Å². The third-order valence-electron chi connectivity index (χ3n) is 2.99. The van der Waals surface area contributed by atoms with Crippen LogP contribution in [0.5, 0.6) is 5.75 Å². The van der Waals surface area contributed by atoms with Crippen LogP contribution in [0.4, 0.5) is 0 Å². The van der Waals surface area contributed by atoms with Gasteiger partial charge < -0.3 is 15.2 Å². The molecule has 2 aromatic rings. The Hall–Kier alpha value is -1.27. The van der Waals surface area contributed by atoms with Gasteiger partial charge in [-0.15, -0.1) is 0 Å². The predicted molar refractivity (Wildman–Crippen MR) is 94.3 cm³/mol. The summed E-state index contributed by atoms with van der Waals surface area (Å²) in [5.41, 5.74) is 1.76. The summed E-state index contributed by atoms with van der Waals surface area (Å²) in [7, 11) is 0. The number of benzene rings is 2. The van der Waals surface area contributed by atoms with Crippen LogP contribution in [0.15, 0.2) is 40.9 Å². The lowest BCUT2D eigenvalue weighted by atomic mass is 10.2. The summed E-state index contributed by atoms with van der Waals surface area (Å²) < 4.78 is 6.72. The van der Waals surface area contributed by atoms with Gasteiger partial charge in [-0.2, -0.15) is 0 Å². The van der Waals surface area contributed by atoms with Crippen molar-refractivity contribution < 1.29 is 14.6 Å². The van der Waals surface area contributed by atoms with Crippen LogP contribution in [0.25, 0.3) is 0 Å². The number of hydrogen-bond donors (Lipinski definition) is 2. The van der Waals surface area contributed by atoms with Gasteiger partial charge in [0.1, 0.15) is 12.4 Å². The van der Waals surface area contributed by atoms with Gasteiger partial charge in [0, 0.05) is 16.6 Å². The van der Waals surface area contributed by atoms with Crippen molar-refractivity contribution in [1.29, 1.82) is 0 Å². The highest BCUT2D eigenvalue weighted by Gasteiger charge is 2.07. The highest BCUT2D eigenvalue weighted by atomic mass is 79.9. The van der Waals surface area contributed by atoms with E-state index in [1.807, 2.05) is 24.3 Å². The Labute approximate surface area is 152 Å². The molecule has 122 valence electrons. The van der Waals surface area contributed by atoms with E-state index in [-0.39, 0.29) is 6.54 Å². The Bertz CT molecular complexity index is 710. The lowest BCUT2D eigenvalue weighted by molar-refractivity contribution is -0.136. The summed E-state index contributed by atoms with van der Waals surface area (Å²) in [6.07, 6.45) is 0. The summed E-state index contributed by atoms with van der Waals surface area (Å²) in [6, 6.07) is 10.9. The van der Waals surface area contributed by atoms with Crippen molar-refractivity contribution in [2.45, 2.75) is 13.2 Å². The van der Waals surface area contributed by atoms with Gasteiger partial charge in [0.05, 0.1) is 16.6 Å². The van der Waals surface area contributed by atoms with E-state index in [1.54, 1.807) is 12.1 Å². The topological polar surface area (TPSA) is 58.6 Å². The van der Waals surface area contributed by atoms with E-state index in [2.05, 4.69) is 21.2 Å². The number of halogens is 3. The lowest BCUT2D eigenvalue weighted by Gasteiger charge is -2.13. The van der Waals surface area contributed by atoms with Crippen molar-refractivity contribution in [2.75, 3.05) is 6.54 Å². The molecule has 0 atom stereocenters. The quantitative estimate of drug-likeness (QED) is 0.694. The van der Waals surface area contributed by atoms with E-state index >= 15 is 0 Å². The van der Waals surface area contributed by atoms with Crippen molar-refractivity contribution in [3.63, 3.8) is 0 Å². The molecule has 2 aromatic carbocycles. The molecule has 4 nitrogen and oxygen atoms in total. The molecule has 0 bridgehead atoms. The molecule has 0 aliphatic rings. The lowest BCUT2D eigenvalue weighted by Crippen LogP contribution is -2.22. The highest BCUT2D eigenvalue weighted by Crippen LogP contribution is 2.26. The molecule has 0 amide bonds. The molecule has 0 heterocycles. The monoisotopic (exact) mass is 417 g/mol. The molecule has 0 saturated heterocycles. The van der Waals surface area contributed by atoms with Gasteiger partial charge in [-0.3, -0.25) is 4.79 Å². The zero-order valence-corrected chi connectivity index (χ0v) is 15.1. The van der Waals surface area contributed by atoms with Gasteiger partial charge in [-0.05, 0) is 35.9 Å². The zero-order chi connectivity index (χ0) is 16.8. The fourth-order valence-corrected chi connectivity index (χ4v) is 2.65. The molecular formula is C16H14BrCl2NO3. The Balaban J connectivity index is 2.06. The van der Waals surface area contributed by atoms with Gasteiger partial charge >= 0.3 is 5.97 Å². The van der Waals surface area contributed by atoms with Crippen molar-refractivity contribution in [1.82, 2.24) is 5.32 Å². The highest BCUT2D eigenvalue weighted by molar-refractivity contribution is 9.10. The first-order valence-corrected chi connectivity index (χ1v) is 8.28. The zero-order valence-electron chi connectivity index (χ0n) is 12.0. The second-order valence-corrected chi connectivity index (χ2v) is 6.52. The van der Waals surface area contributed by atoms with Gasteiger partial charge in [-0.1, -0.05) is 45.2 Å². The number of carboxylic acids is 1. The first-order valence-electron chi connectivity index (χ1n) is 6.73. The summed E-state index contributed by atoms with van der Waals surface area (Å²) in [5, 5.41) is 12.5. The molecule has 0 fully saturated rings. The van der Waals surface area contributed by atoms with Gasteiger partial charge in [0.15, 0.2) is 0 Å². The van der Waals surface area contributed by atoms with Crippen LogP contribution in [-0.2, 0) is 17.9 Å². The first-order chi connectivity index (χ1) is 11.0. The normalized spacial score (nSPS) is 10.6. The maximum absolute atomic E-state index is 10.6. The van der Waals surface area contributed by atoms with E-state index in [1.165, 1.54) is 0 Å². The van der Waals surface area contributed by atoms with Gasteiger partial charge in [-0.25, -0.2) is 0 Å². The van der Waals surface area contributed by atoms with Gasteiger partial charge in [0.25, 0.3) is 0 Å². The average Bonchev–Trinajstić information content (AvgIpc) is 2.49. The average molecular weight is 419 g/mol. The Morgan fingerprint density at radius 3 is 2.65 bits per heavy atom. The van der Waals surface area contributed by atoms with Crippen LogP contribution in [0.2, 0.25) is 10.0 Å². The van der Waals surface area contributed by atoms with Gasteiger partial charge in [0.2, 0.25) is 0 Å². The molecule has 0 spiro atoms. The van der Waals surface area contributed by atoms with Crippen LogP contribution in [0.3, 0.4) is 0 Å². The third kappa shape index (κ3) is 5.70. The van der Waals surface area contributed by atoms with E-state index in [0.29, 0.717) is 28.9 Å². The molecule has 2 rings (SSSR count). The predicted octanol–water partition coefficient (Wildman–Crippen LogP) is 4.51. The minimum absolute atomic E-state index is 0.112. The molecule has 0 saturated carbocycles. The number of rotatable bonds is 7. The maximum Gasteiger partial charge on any atom is 0.317 e. The van der Waals surface area contributed by atoms with Crippen molar-refractivity contribution in [3.05, 3.63) is 62.0 Å². The maximum atomic E-state index is 10.6. The molecule has 7 heteroatoms. The van der Waals surface area contributed by atoms with Crippen molar-refractivity contribution in [3.8, 4) is 5.75 Å². The first kappa shape index (κ1) is 18.1. The number of nitrogens with one attached hydrogen (secondary N) is 1. The molecule has 23 heavy (non-hydrogen) atoms. The molecule has 0 aliphatic heterocycles. The molecule has 2 N–H and O–H groups in total. The summed E-state index contributed by atoms with van der Waals surface area (Å²) in [5.74, 6) is -0.226. The Morgan fingerprint density at radius 2 is 1.96 bits per heavy atom. The summed E-state index contributed by atoms with van der Waals surface area (Å²) in [6.45, 7) is 0.617. The second kappa shape index (κ2) is 8.55. The molecule has 0 unspecified atom stereocenters. The third-order valence-corrected chi connectivity index (χ3v) is 4.22. The molecule has 0 radical (unpaired) electrons. The van der Waals surface area contributed by atoms with Crippen LogP contribution < -0.4 is 10.1 Å². The molecule has 0 aromatic heterocycles. The van der Waals surface area contributed by atoms with Crippen LogP contribution >= 0.6 is 39.1 Å². The molecule has 0 aliphatic carbocycles. The van der Waals surface area contributed by atoms with Crippen molar-refractivity contribution in [2.24, 2.45) is 0 Å². The minimum atomic E-state index is -0.904. The smallest absolute Gasteiger partial charge is 0.317 e. The second-order valence-electron chi connectivity index (χ2n) is 4.79. The van der Waals surface area contributed by atoms with Crippen molar-refractivity contribution >= 4 is 45.1 Å². The largest absolute Gasteiger partial charge is 0.489 e. The van der Waals surface area contributed by atoms with Crippen LogP contribution in [-0.4, -0.2) is 17.6 Å². The summed E-state index contributed by atoms with van der Waals surface area (Å²) in [4.78, 5) is 10.6. The van der Waals surface area contributed by atoms with E-state index in [4.69, 9.17) is 33.0 Å². The fraction of sp³-hybridized carbons (Fsp3) is 0.188. The van der Waals surface area contributed by atoms with Crippen LogP contribution in [0.1, 0.15) is 11.1 Å². The molecular weight excluding hydrogens is 405 g/mol. The Morgan fingerprint density at radius 1 is 1.17 bits per heavy atom. The fourth-order valence-electron chi connectivity index (χ4n) is 1.92. The number of carboxylic acid groups (broad SMARTS) is 1. The van der Waals surface area contributed by atoms with E-state index in [9.17, 15) is 4.79 Å². The number of aliphatic carboxylic acids is 1. The standard InChI is InChI=1S/C16H14BrCl2NO3/c17-12-2-4-15(11(6-12)7-20-8-16(21)22)23-9-10-1-3-13(18)14(19)5-10/h1-6,20H,7-9H2,(H,21,22). The number of carbonyl (C=O) groups is 1. The number of hydrogen-bond acceptors (Lipinski definition) is 3. The minimum Gasteiger partial charge on any atom is -0.489 e. The number of ether oxygens (including phenoxy) is 1.